The molecular formula is C30H28ClFN4O4S. The van der Waals surface area contributed by atoms with Crippen LogP contribution < -0.4 is 10.5 Å². The van der Waals surface area contributed by atoms with Crippen LogP contribution in [0, 0.1) is 5.82 Å². The number of ether oxygens (including phenoxy) is 2. The summed E-state index contributed by atoms with van der Waals surface area (Å²) >= 11 is 7.96. The Hall–Kier alpha value is -3.73. The zero-order valence-electron chi connectivity index (χ0n) is 22.6. The Morgan fingerprint density at radius 2 is 2.15 bits per heavy atom. The van der Waals surface area contributed by atoms with Gasteiger partial charge in [0.15, 0.2) is 5.78 Å². The molecular weight excluding hydrogens is 567 g/mol. The van der Waals surface area contributed by atoms with Crippen molar-refractivity contribution < 1.29 is 23.5 Å². The van der Waals surface area contributed by atoms with Gasteiger partial charge in [-0.2, -0.15) is 4.37 Å². The van der Waals surface area contributed by atoms with E-state index in [9.17, 15) is 9.59 Å². The predicted molar refractivity (Wildman–Crippen MR) is 159 cm³/mol. The molecule has 0 amide bonds. The smallest absolute Gasteiger partial charge is 0.355 e. The van der Waals surface area contributed by atoms with Crippen LogP contribution in [0.3, 0.4) is 0 Å². The molecule has 0 fully saturated rings. The normalized spacial score (nSPS) is 14.7. The summed E-state index contributed by atoms with van der Waals surface area (Å²) < 4.78 is 33.9. The van der Waals surface area contributed by atoms with Crippen LogP contribution >= 0.6 is 23.1 Å². The van der Waals surface area contributed by atoms with E-state index in [0.717, 1.165) is 16.6 Å². The van der Waals surface area contributed by atoms with Gasteiger partial charge >= 0.3 is 5.97 Å². The highest BCUT2D eigenvalue weighted by Gasteiger charge is 2.34. The lowest BCUT2D eigenvalue weighted by atomic mass is 9.92. The number of carbonyl (C=O) groups is 2. The number of hydrogen-bond acceptors (Lipinski definition) is 8. The third kappa shape index (κ3) is 4.90. The third-order valence-electron chi connectivity index (χ3n) is 7.40. The number of anilines is 1. The molecule has 0 atom stereocenters. The van der Waals surface area contributed by atoms with Gasteiger partial charge in [0.25, 0.3) is 0 Å². The van der Waals surface area contributed by atoms with Crippen LogP contribution in [0.1, 0.15) is 40.0 Å². The van der Waals surface area contributed by atoms with Gasteiger partial charge in [0, 0.05) is 53.0 Å². The van der Waals surface area contributed by atoms with Gasteiger partial charge in [0.05, 0.1) is 28.8 Å². The monoisotopic (exact) mass is 594 g/mol. The van der Waals surface area contributed by atoms with Crippen LogP contribution in [0.4, 0.5) is 10.2 Å². The maximum atomic E-state index is 15.5. The number of hydrogen-bond donors (Lipinski definition) is 1. The number of aromatic nitrogens is 2. The number of carbonyl (C=O) groups excluding carboxylic acids is 2. The van der Waals surface area contributed by atoms with Crippen molar-refractivity contribution in [1.82, 2.24) is 13.8 Å². The molecule has 2 aliphatic rings. The molecule has 2 aromatic carbocycles. The maximum absolute atomic E-state index is 15.5. The molecule has 2 N–H and O–H groups in total. The molecule has 41 heavy (non-hydrogen) atoms. The number of nitrogens with two attached hydrogens (primary N) is 1. The largest absolute Gasteiger partial charge is 0.492 e. The molecule has 0 bridgehead atoms. The summed E-state index contributed by atoms with van der Waals surface area (Å²) in [6, 6.07) is 5.03. The van der Waals surface area contributed by atoms with E-state index >= 15 is 4.39 Å². The van der Waals surface area contributed by atoms with E-state index in [1.54, 1.807) is 28.9 Å². The molecule has 212 valence electrons. The molecule has 8 nitrogen and oxygen atoms in total. The number of Topliss-reactive ketones (excluding diaryl/α,β-unsaturated/α-hetero) is 1. The molecule has 3 heterocycles. The van der Waals surface area contributed by atoms with Crippen LogP contribution in [0.15, 0.2) is 36.4 Å². The van der Waals surface area contributed by atoms with Crippen molar-refractivity contribution >= 4 is 67.3 Å². The van der Waals surface area contributed by atoms with Gasteiger partial charge in [0.1, 0.15) is 23.1 Å². The summed E-state index contributed by atoms with van der Waals surface area (Å²) in [6.07, 6.45) is 6.44. The van der Waals surface area contributed by atoms with E-state index in [1.807, 2.05) is 25.1 Å². The second-order valence-corrected chi connectivity index (χ2v) is 11.6. The average Bonchev–Trinajstić information content (AvgIpc) is 3.64. The van der Waals surface area contributed by atoms with E-state index in [4.69, 9.17) is 26.8 Å². The third-order valence-corrected chi connectivity index (χ3v) is 8.57. The first-order valence-electron chi connectivity index (χ1n) is 13.3. The Morgan fingerprint density at radius 3 is 2.93 bits per heavy atom. The van der Waals surface area contributed by atoms with Gasteiger partial charge in [-0.3, -0.25) is 4.79 Å². The molecule has 11 heteroatoms. The highest BCUT2D eigenvalue weighted by molar-refractivity contribution is 7.13. The predicted octanol–water partition coefficient (Wildman–Crippen LogP) is 5.63. The molecule has 2 aromatic heterocycles. The molecule has 1 aliphatic heterocycles. The fourth-order valence-electron chi connectivity index (χ4n) is 5.46. The summed E-state index contributed by atoms with van der Waals surface area (Å²) in [5.41, 5.74) is 8.49. The second-order valence-electron chi connectivity index (χ2n) is 10.4. The lowest BCUT2D eigenvalue weighted by Gasteiger charge is -2.15. The Kier molecular flexibility index (Phi) is 7.31. The number of fused-ring (bicyclic) bond motifs is 4. The quantitative estimate of drug-likeness (QED) is 0.208. The number of esters is 1. The van der Waals surface area contributed by atoms with Crippen molar-refractivity contribution in [3.63, 3.8) is 0 Å². The fourth-order valence-corrected chi connectivity index (χ4v) is 6.48. The number of benzene rings is 2. The number of rotatable bonds is 8. The second kappa shape index (κ2) is 10.9. The SMILES string of the molecule is CN(C)CCCOC(=O)c1c(C2=CC=CCC2=O)c2c3c(c(F)cc2n1Cc1cc2c(N)nsc2cc1Cl)CCO3. The number of halogens is 2. The van der Waals surface area contributed by atoms with Crippen LogP contribution in [-0.4, -0.2) is 59.4 Å². The summed E-state index contributed by atoms with van der Waals surface area (Å²) in [5.74, 6) is -0.465. The van der Waals surface area contributed by atoms with Gasteiger partial charge in [-0.15, -0.1) is 0 Å². The molecule has 4 aromatic rings. The Morgan fingerprint density at radius 1 is 1.32 bits per heavy atom. The van der Waals surface area contributed by atoms with Gasteiger partial charge in [0.2, 0.25) is 0 Å². The molecule has 0 unspecified atom stereocenters. The van der Waals surface area contributed by atoms with Gasteiger partial charge in [-0.05, 0) is 55.8 Å². The van der Waals surface area contributed by atoms with Crippen LogP contribution in [0.5, 0.6) is 5.75 Å². The molecule has 0 spiro atoms. The number of allylic oxidation sites excluding steroid dienone is 4. The summed E-state index contributed by atoms with van der Waals surface area (Å²) in [5, 5.41) is 1.70. The Balaban J connectivity index is 1.60. The van der Waals surface area contributed by atoms with E-state index in [0.29, 0.717) is 69.2 Å². The zero-order valence-corrected chi connectivity index (χ0v) is 24.2. The summed E-state index contributed by atoms with van der Waals surface area (Å²) in [6.45, 7) is 1.31. The molecule has 0 saturated heterocycles. The highest BCUT2D eigenvalue weighted by atomic mass is 35.5. The molecule has 0 radical (unpaired) electrons. The lowest BCUT2D eigenvalue weighted by Crippen LogP contribution is -2.19. The van der Waals surface area contributed by atoms with Crippen molar-refractivity contribution in [2.75, 3.05) is 39.6 Å². The topological polar surface area (TPSA) is 99.7 Å². The minimum Gasteiger partial charge on any atom is -0.492 e. The van der Waals surface area contributed by atoms with Crippen molar-refractivity contribution in [3.8, 4) is 5.75 Å². The van der Waals surface area contributed by atoms with E-state index in [-0.39, 0.29) is 31.0 Å². The van der Waals surface area contributed by atoms with Crippen LogP contribution in [0.2, 0.25) is 5.02 Å². The van der Waals surface area contributed by atoms with Crippen molar-refractivity contribution in [2.24, 2.45) is 0 Å². The number of ketones is 1. The molecule has 6 rings (SSSR count). The van der Waals surface area contributed by atoms with E-state index in [1.165, 1.54) is 17.6 Å². The lowest BCUT2D eigenvalue weighted by molar-refractivity contribution is -0.113. The summed E-state index contributed by atoms with van der Waals surface area (Å²) in [7, 11) is 3.88. The van der Waals surface area contributed by atoms with Gasteiger partial charge < -0.3 is 24.7 Å². The Labute approximate surface area is 244 Å². The minimum absolute atomic E-state index is 0.0955. The standard InChI is InChI=1S/C30H28ClFN4O4S/c1-35(2)9-5-10-40-30(38)27-25(18-6-3-4-7-23(18)37)26-22(14-21(32)17-8-11-39-28(17)26)36(27)15-16-12-19-24(13-20(16)31)41-34-29(19)33/h3-4,6,12-14H,5,7-11,15H2,1-2H3,(H2,33,34). The fraction of sp³-hybridized carbons (Fsp3) is 0.300. The molecule has 0 saturated carbocycles. The van der Waals surface area contributed by atoms with E-state index in [2.05, 4.69) is 4.37 Å². The average molecular weight is 595 g/mol. The Bertz CT molecular complexity index is 1790. The van der Waals surface area contributed by atoms with Crippen LogP contribution in [0.25, 0.3) is 26.6 Å². The highest BCUT2D eigenvalue weighted by Crippen LogP contribution is 2.45. The number of nitrogen functional groups attached to an aromatic ring is 1. The summed E-state index contributed by atoms with van der Waals surface area (Å²) in [4.78, 5) is 29.2. The minimum atomic E-state index is -0.612. The molecule has 1 aliphatic carbocycles. The maximum Gasteiger partial charge on any atom is 0.355 e. The number of nitrogens with zero attached hydrogens (tertiary/aromatic N) is 3. The van der Waals surface area contributed by atoms with Gasteiger partial charge in [-0.1, -0.05) is 29.8 Å². The van der Waals surface area contributed by atoms with Crippen molar-refractivity contribution in [3.05, 3.63) is 69.7 Å². The first-order valence-corrected chi connectivity index (χ1v) is 14.5. The first kappa shape index (κ1) is 27.4. The first-order chi connectivity index (χ1) is 19.7. The van der Waals surface area contributed by atoms with Crippen molar-refractivity contribution in [2.45, 2.75) is 25.8 Å². The van der Waals surface area contributed by atoms with Gasteiger partial charge in [-0.25, -0.2) is 9.18 Å². The zero-order chi connectivity index (χ0) is 28.8. The van der Waals surface area contributed by atoms with E-state index < -0.39 is 11.8 Å². The van der Waals surface area contributed by atoms with Crippen LogP contribution in [-0.2, 0) is 22.5 Å². The van der Waals surface area contributed by atoms with Crippen molar-refractivity contribution in [1.29, 1.82) is 0 Å².